The molecule has 0 amide bonds. The maximum Gasteiger partial charge on any atom is 0.214 e. The Bertz CT molecular complexity index is 357. The minimum Gasteiger partial charge on any atom is -0.478 e. The van der Waals surface area contributed by atoms with Crippen LogP contribution in [0.5, 0.6) is 5.88 Å². The van der Waals surface area contributed by atoms with Gasteiger partial charge in [0, 0.05) is 6.07 Å². The van der Waals surface area contributed by atoms with Gasteiger partial charge in [-0.1, -0.05) is 0 Å². The highest BCUT2D eigenvalue weighted by Crippen LogP contribution is 2.19. The topological polar surface area (TPSA) is 75.3 Å². The molecule has 1 heterocycles. The summed E-state index contributed by atoms with van der Waals surface area (Å²) in [5.74, 6) is 0.325. The fraction of sp³-hybridized carbons (Fsp3) is 0.250. The lowest BCUT2D eigenvalue weighted by atomic mass is 10.3. The van der Waals surface area contributed by atoms with Crippen LogP contribution in [0.15, 0.2) is 17.3 Å². The predicted molar refractivity (Wildman–Crippen MR) is 45.6 cm³/mol. The van der Waals surface area contributed by atoms with Crippen LogP contribution in [0.1, 0.15) is 12.6 Å². The Morgan fingerprint density at radius 2 is 2.46 bits per heavy atom. The maximum atomic E-state index is 10.2. The highest BCUT2D eigenvalue weighted by Gasteiger charge is 2.05. The smallest absolute Gasteiger partial charge is 0.214 e. The number of ether oxygens (including phenoxy) is 1. The number of nitroso groups, excluding NO2 is 1. The Morgan fingerprint density at radius 1 is 1.69 bits per heavy atom. The molecule has 5 nitrogen and oxygen atoms in total. The molecule has 0 saturated heterocycles. The summed E-state index contributed by atoms with van der Waals surface area (Å²) in [6.07, 6.45) is 0. The van der Waals surface area contributed by atoms with Gasteiger partial charge in [0.15, 0.2) is 5.69 Å². The molecule has 0 bridgehead atoms. The lowest BCUT2D eigenvalue weighted by Crippen LogP contribution is -1.95. The molecular weight excluding hydrogens is 170 g/mol. The first-order valence-corrected chi connectivity index (χ1v) is 3.69. The summed E-state index contributed by atoms with van der Waals surface area (Å²) >= 11 is 0. The van der Waals surface area contributed by atoms with Gasteiger partial charge in [0.05, 0.1) is 6.61 Å². The van der Waals surface area contributed by atoms with Crippen LogP contribution < -0.4 is 4.74 Å². The molecule has 1 aromatic heterocycles. The van der Waals surface area contributed by atoms with Crippen LogP contribution in [-0.4, -0.2) is 11.6 Å². The first-order valence-electron chi connectivity index (χ1n) is 3.69. The summed E-state index contributed by atoms with van der Waals surface area (Å²) in [6.45, 7) is 2.27. The Hall–Kier alpha value is -1.96. The van der Waals surface area contributed by atoms with Crippen molar-refractivity contribution in [2.24, 2.45) is 5.18 Å². The van der Waals surface area contributed by atoms with E-state index in [2.05, 4.69) is 10.2 Å². The second-order valence-electron chi connectivity index (χ2n) is 2.15. The van der Waals surface area contributed by atoms with Crippen molar-refractivity contribution in [1.29, 1.82) is 5.26 Å². The van der Waals surface area contributed by atoms with Gasteiger partial charge >= 0.3 is 0 Å². The molecule has 0 aliphatic heterocycles. The highest BCUT2D eigenvalue weighted by atomic mass is 16.5. The molecule has 0 atom stereocenters. The van der Waals surface area contributed by atoms with Crippen molar-refractivity contribution in [3.63, 3.8) is 0 Å². The standard InChI is InChI=1S/C8H7N3O2/c1-2-13-8-4-3-6(11-12)7(5-9)10-8/h3-4H,2H2,1H3. The highest BCUT2D eigenvalue weighted by molar-refractivity contribution is 5.49. The van der Waals surface area contributed by atoms with Gasteiger partial charge in [-0.15, -0.1) is 4.91 Å². The van der Waals surface area contributed by atoms with E-state index in [0.29, 0.717) is 12.5 Å². The van der Waals surface area contributed by atoms with Crippen molar-refractivity contribution in [2.75, 3.05) is 6.61 Å². The molecule has 0 spiro atoms. The quantitative estimate of drug-likeness (QED) is 0.659. The summed E-state index contributed by atoms with van der Waals surface area (Å²) in [5, 5.41) is 11.2. The van der Waals surface area contributed by atoms with Crippen molar-refractivity contribution in [3.8, 4) is 11.9 Å². The fourth-order valence-corrected chi connectivity index (χ4v) is 0.818. The lowest BCUT2D eigenvalue weighted by Gasteiger charge is -2.01. The third-order valence-corrected chi connectivity index (χ3v) is 1.34. The zero-order valence-corrected chi connectivity index (χ0v) is 7.02. The summed E-state index contributed by atoms with van der Waals surface area (Å²) in [7, 11) is 0. The normalized spacial score (nSPS) is 8.92. The van der Waals surface area contributed by atoms with Crippen molar-refractivity contribution >= 4 is 5.69 Å². The van der Waals surface area contributed by atoms with Gasteiger partial charge in [-0.25, -0.2) is 4.98 Å². The Balaban J connectivity index is 3.07. The number of rotatable bonds is 3. The van der Waals surface area contributed by atoms with Gasteiger partial charge in [0.1, 0.15) is 11.8 Å². The van der Waals surface area contributed by atoms with Crippen LogP contribution in [0, 0.1) is 16.2 Å². The zero-order valence-electron chi connectivity index (χ0n) is 7.02. The van der Waals surface area contributed by atoms with Gasteiger partial charge in [0.25, 0.3) is 0 Å². The molecular formula is C8H7N3O2. The number of pyridine rings is 1. The van der Waals surface area contributed by atoms with E-state index in [9.17, 15) is 4.91 Å². The molecule has 0 N–H and O–H groups in total. The minimum absolute atomic E-state index is 0.0130. The number of hydrogen-bond acceptors (Lipinski definition) is 5. The van der Waals surface area contributed by atoms with Gasteiger partial charge < -0.3 is 4.74 Å². The van der Waals surface area contributed by atoms with Crippen LogP contribution in [0.4, 0.5) is 5.69 Å². The monoisotopic (exact) mass is 177 g/mol. The van der Waals surface area contributed by atoms with E-state index < -0.39 is 0 Å². The third kappa shape index (κ3) is 1.99. The van der Waals surface area contributed by atoms with Crippen LogP contribution in [-0.2, 0) is 0 Å². The lowest BCUT2D eigenvalue weighted by molar-refractivity contribution is 0.326. The van der Waals surface area contributed by atoms with Gasteiger partial charge in [-0.3, -0.25) is 0 Å². The third-order valence-electron chi connectivity index (χ3n) is 1.34. The first kappa shape index (κ1) is 9.13. The second-order valence-corrected chi connectivity index (χ2v) is 2.15. The minimum atomic E-state index is -0.0130. The van der Waals surface area contributed by atoms with Crippen molar-refractivity contribution in [2.45, 2.75) is 6.92 Å². The summed E-state index contributed by atoms with van der Waals surface area (Å²) in [5.41, 5.74) is 0.0203. The number of aromatic nitrogens is 1. The predicted octanol–water partition coefficient (Wildman–Crippen LogP) is 1.75. The molecule has 66 valence electrons. The van der Waals surface area contributed by atoms with E-state index in [-0.39, 0.29) is 11.4 Å². The van der Waals surface area contributed by atoms with Crippen LogP contribution in [0.3, 0.4) is 0 Å². The fourth-order valence-electron chi connectivity index (χ4n) is 0.818. The largest absolute Gasteiger partial charge is 0.478 e. The van der Waals surface area contributed by atoms with E-state index in [4.69, 9.17) is 10.00 Å². The molecule has 1 aromatic rings. The van der Waals surface area contributed by atoms with Crippen LogP contribution in [0.2, 0.25) is 0 Å². The SMILES string of the molecule is CCOc1ccc(N=O)c(C#N)n1. The number of nitriles is 1. The average molecular weight is 177 g/mol. The summed E-state index contributed by atoms with van der Waals surface area (Å²) < 4.78 is 5.04. The Kier molecular flexibility index (Phi) is 2.92. The zero-order chi connectivity index (χ0) is 9.68. The van der Waals surface area contributed by atoms with E-state index in [0.717, 1.165) is 0 Å². The van der Waals surface area contributed by atoms with Crippen LogP contribution >= 0.6 is 0 Å². The molecule has 0 saturated carbocycles. The molecule has 5 heteroatoms. The van der Waals surface area contributed by atoms with E-state index in [1.165, 1.54) is 12.1 Å². The summed E-state index contributed by atoms with van der Waals surface area (Å²) in [6, 6.07) is 4.67. The Labute approximate surface area is 74.9 Å². The molecule has 0 fully saturated rings. The molecule has 1 rings (SSSR count). The van der Waals surface area contributed by atoms with E-state index in [1.54, 1.807) is 13.0 Å². The number of nitrogens with zero attached hydrogens (tertiary/aromatic N) is 3. The van der Waals surface area contributed by atoms with Crippen molar-refractivity contribution in [1.82, 2.24) is 4.98 Å². The molecule has 0 radical (unpaired) electrons. The maximum absolute atomic E-state index is 10.2. The second kappa shape index (κ2) is 4.16. The number of hydrogen-bond donors (Lipinski definition) is 0. The first-order chi connectivity index (χ1) is 6.31. The van der Waals surface area contributed by atoms with Gasteiger partial charge in [-0.2, -0.15) is 5.26 Å². The van der Waals surface area contributed by atoms with E-state index >= 15 is 0 Å². The molecule has 0 aliphatic rings. The molecule has 0 aliphatic carbocycles. The van der Waals surface area contributed by atoms with Crippen molar-refractivity contribution in [3.05, 3.63) is 22.7 Å². The van der Waals surface area contributed by atoms with E-state index in [1.807, 2.05) is 0 Å². The molecule has 13 heavy (non-hydrogen) atoms. The summed E-state index contributed by atoms with van der Waals surface area (Å²) in [4.78, 5) is 13.9. The van der Waals surface area contributed by atoms with Gasteiger partial charge in [0.2, 0.25) is 5.88 Å². The van der Waals surface area contributed by atoms with Gasteiger partial charge in [-0.05, 0) is 18.2 Å². The molecule has 0 unspecified atom stereocenters. The average Bonchev–Trinajstić information content (AvgIpc) is 2.18. The van der Waals surface area contributed by atoms with Crippen LogP contribution in [0.25, 0.3) is 0 Å². The Morgan fingerprint density at radius 3 is 3.00 bits per heavy atom. The molecule has 0 aromatic carbocycles. The van der Waals surface area contributed by atoms with Crippen molar-refractivity contribution < 1.29 is 4.74 Å².